The number of nitrogens with one attached hydrogen (secondary N) is 2. The molecule has 0 amide bonds. The maximum absolute atomic E-state index is 13.6. The van der Waals surface area contributed by atoms with Crippen LogP contribution in [0.1, 0.15) is 0 Å². The average molecular weight is 493 g/mol. The minimum Gasteiger partial charge on any atom is -0.321 e. The average Bonchev–Trinajstić information content (AvgIpc) is 2.96. The van der Waals surface area contributed by atoms with Gasteiger partial charge in [-0.05, 0) is 36.4 Å². The molecule has 6 heteroatoms. The van der Waals surface area contributed by atoms with Crippen molar-refractivity contribution in [3.8, 4) is 0 Å². The van der Waals surface area contributed by atoms with Gasteiger partial charge in [-0.2, -0.15) is 0 Å². The van der Waals surface area contributed by atoms with E-state index in [1.165, 1.54) is 0 Å². The Kier molecular flexibility index (Phi) is 4.97. The molecule has 0 aliphatic heterocycles. The van der Waals surface area contributed by atoms with Crippen molar-refractivity contribution < 1.29 is 0 Å². The van der Waals surface area contributed by atoms with E-state index in [1.54, 1.807) is 12.1 Å². The van der Waals surface area contributed by atoms with Crippen molar-refractivity contribution in [1.82, 2.24) is 19.9 Å². The lowest BCUT2D eigenvalue weighted by atomic mass is 10.1. The highest BCUT2D eigenvalue weighted by Crippen LogP contribution is 2.22. The Balaban J connectivity index is 1.81. The summed E-state index contributed by atoms with van der Waals surface area (Å²) in [4.78, 5) is 43.2. The molecule has 4 bridgehead atoms. The van der Waals surface area contributed by atoms with Crippen LogP contribution >= 0.6 is 0 Å². The van der Waals surface area contributed by atoms with Gasteiger partial charge in [0, 0.05) is 21.5 Å². The molecule has 0 saturated carbocycles. The first-order chi connectivity index (χ1) is 18.7. The molecule has 3 aromatic heterocycles. The molecule has 0 saturated heterocycles. The van der Waals surface area contributed by atoms with Crippen LogP contribution in [0.15, 0.2) is 119 Å². The highest BCUT2D eigenvalue weighted by Gasteiger charge is 2.06. The predicted octanol–water partition coefficient (Wildman–Crippen LogP) is 6.46. The maximum Gasteiger partial charge on any atom is 0.257 e. The zero-order valence-electron chi connectivity index (χ0n) is 20.1. The topological polar surface area (TPSA) is 91.5 Å². The summed E-state index contributed by atoms with van der Waals surface area (Å²) in [5.74, 6) is 0. The molecule has 0 atom stereocenters. The third-order valence-electron chi connectivity index (χ3n) is 6.83. The molecule has 38 heavy (non-hydrogen) atoms. The number of hydrogen-bond donors (Lipinski definition) is 2. The van der Waals surface area contributed by atoms with Gasteiger partial charge in [0.2, 0.25) is 0 Å². The van der Waals surface area contributed by atoms with Crippen molar-refractivity contribution >= 4 is 65.4 Å². The summed E-state index contributed by atoms with van der Waals surface area (Å²) in [6, 6.07) is 33.8. The van der Waals surface area contributed by atoms with E-state index >= 15 is 0 Å². The molecule has 7 aromatic rings. The van der Waals surface area contributed by atoms with E-state index in [0.29, 0.717) is 43.9 Å². The number of aromatic amines is 2. The Labute approximate surface area is 215 Å². The van der Waals surface area contributed by atoms with Crippen LogP contribution in [-0.2, 0) is 0 Å². The number of pyridine rings is 2. The summed E-state index contributed by atoms with van der Waals surface area (Å²) in [6.07, 6.45) is 0. The molecular weight excluding hydrogens is 472 g/mol. The number of hydrogen-bond acceptors (Lipinski definition) is 4. The minimum absolute atomic E-state index is 0.261. The zero-order chi connectivity index (χ0) is 25.6. The van der Waals surface area contributed by atoms with Crippen molar-refractivity contribution in [1.29, 1.82) is 0 Å². The second-order valence-corrected chi connectivity index (χ2v) is 9.15. The lowest BCUT2D eigenvalue weighted by Gasteiger charge is -2.03. The second kappa shape index (κ2) is 8.64. The molecule has 0 unspecified atom stereocenters. The summed E-state index contributed by atoms with van der Waals surface area (Å²) in [6.45, 7) is 0. The molecule has 2 N–H and O–H groups in total. The van der Waals surface area contributed by atoms with Gasteiger partial charge in [0.25, 0.3) is 11.1 Å². The number of aromatic nitrogens is 4. The maximum atomic E-state index is 13.6. The Bertz CT molecular complexity index is 2140. The summed E-state index contributed by atoms with van der Waals surface area (Å²) in [5.41, 5.74) is 3.19. The number of benzene rings is 4. The van der Waals surface area contributed by atoms with Crippen LogP contribution in [0.3, 0.4) is 0 Å². The van der Waals surface area contributed by atoms with Gasteiger partial charge >= 0.3 is 0 Å². The third-order valence-corrected chi connectivity index (χ3v) is 6.83. The van der Waals surface area contributed by atoms with Crippen LogP contribution in [0.2, 0.25) is 0 Å². The third kappa shape index (κ3) is 3.59. The van der Waals surface area contributed by atoms with Crippen molar-refractivity contribution in [2.45, 2.75) is 0 Å². The van der Waals surface area contributed by atoms with Gasteiger partial charge in [0.1, 0.15) is 0 Å². The highest BCUT2D eigenvalue weighted by molar-refractivity contribution is 6.02. The fraction of sp³-hybridized carbons (Fsp3) is 0. The molecule has 0 aliphatic rings. The standard InChI is InChI=1S/C32H20N4O2/c37-31-24-12-6-8-20-16-18-28(34-30(20)24)22-10-2-4-14-26(22)36-32(38)23-11-5-7-19-15-17-27(33-29(19)23)21-9-1-3-13-25(21)35-31/h1-18H,(H,35,37)(H,36,38). The van der Waals surface area contributed by atoms with E-state index in [9.17, 15) is 9.59 Å². The summed E-state index contributed by atoms with van der Waals surface area (Å²) in [7, 11) is 0. The summed E-state index contributed by atoms with van der Waals surface area (Å²) in [5, 5.41) is 4.12. The van der Waals surface area contributed by atoms with Gasteiger partial charge < -0.3 is 9.97 Å². The molecule has 0 fully saturated rings. The number of H-pyrrole nitrogens is 2. The van der Waals surface area contributed by atoms with Crippen LogP contribution in [-0.4, -0.2) is 19.9 Å². The Hall–Kier alpha value is -5.36. The molecule has 180 valence electrons. The smallest absolute Gasteiger partial charge is 0.257 e. The first-order valence-electron chi connectivity index (χ1n) is 12.3. The van der Waals surface area contributed by atoms with E-state index in [0.717, 1.165) is 21.5 Å². The summed E-state index contributed by atoms with van der Waals surface area (Å²) >= 11 is 0. The summed E-state index contributed by atoms with van der Waals surface area (Å²) < 4.78 is 0. The molecule has 3 heterocycles. The second-order valence-electron chi connectivity index (χ2n) is 9.15. The van der Waals surface area contributed by atoms with Crippen molar-refractivity contribution in [3.05, 3.63) is 130 Å². The number of nitrogens with zero attached hydrogens (tertiary/aromatic N) is 2. The molecular formula is C32H20N4O2. The largest absolute Gasteiger partial charge is 0.321 e. The van der Waals surface area contributed by atoms with E-state index in [-0.39, 0.29) is 11.1 Å². The Morgan fingerprint density at radius 1 is 0.421 bits per heavy atom. The first-order valence-corrected chi connectivity index (χ1v) is 12.3. The Morgan fingerprint density at radius 2 is 0.842 bits per heavy atom. The van der Waals surface area contributed by atoms with Crippen LogP contribution in [0.4, 0.5) is 0 Å². The van der Waals surface area contributed by atoms with E-state index in [2.05, 4.69) is 9.97 Å². The van der Waals surface area contributed by atoms with Crippen LogP contribution in [0, 0.1) is 0 Å². The van der Waals surface area contributed by atoms with Gasteiger partial charge in [-0.3, -0.25) is 9.59 Å². The molecule has 0 spiro atoms. The van der Waals surface area contributed by atoms with Gasteiger partial charge in [-0.25, -0.2) is 9.97 Å². The van der Waals surface area contributed by atoms with Crippen molar-refractivity contribution in [3.63, 3.8) is 0 Å². The van der Waals surface area contributed by atoms with Crippen LogP contribution < -0.4 is 11.1 Å². The van der Waals surface area contributed by atoms with Gasteiger partial charge in [0.05, 0.1) is 43.9 Å². The minimum atomic E-state index is -0.261. The van der Waals surface area contributed by atoms with E-state index in [1.807, 2.05) is 97.1 Å². The lowest BCUT2D eigenvalue weighted by molar-refractivity contribution is 1.34. The SMILES string of the molecule is O=c1[nH]c2ccccc2c2ccc3cccc(c(=O)[nH]c4ccccc4c4ccc5cccc1c5n4)c3n2. The van der Waals surface area contributed by atoms with Gasteiger partial charge in [-0.1, -0.05) is 72.8 Å². The first kappa shape index (κ1) is 21.9. The zero-order valence-corrected chi connectivity index (χ0v) is 20.1. The molecule has 4 aromatic carbocycles. The fourth-order valence-electron chi connectivity index (χ4n) is 4.97. The molecule has 7 rings (SSSR count). The number of rotatable bonds is 0. The van der Waals surface area contributed by atoms with Crippen LogP contribution in [0.5, 0.6) is 0 Å². The fourth-order valence-corrected chi connectivity index (χ4v) is 4.97. The van der Waals surface area contributed by atoms with Gasteiger partial charge in [0.15, 0.2) is 0 Å². The molecule has 6 nitrogen and oxygen atoms in total. The van der Waals surface area contributed by atoms with E-state index < -0.39 is 0 Å². The molecule has 0 radical (unpaired) electrons. The van der Waals surface area contributed by atoms with Gasteiger partial charge in [-0.15, -0.1) is 0 Å². The molecule has 0 aliphatic carbocycles. The lowest BCUT2D eigenvalue weighted by Crippen LogP contribution is -2.05. The Morgan fingerprint density at radius 3 is 1.32 bits per heavy atom. The number of para-hydroxylation sites is 4. The number of fused-ring (bicyclic) bond motifs is 6. The van der Waals surface area contributed by atoms with Crippen molar-refractivity contribution in [2.24, 2.45) is 0 Å². The highest BCUT2D eigenvalue weighted by atomic mass is 16.1. The predicted molar refractivity (Wildman–Crippen MR) is 155 cm³/mol. The van der Waals surface area contributed by atoms with Crippen LogP contribution in [0.25, 0.3) is 65.4 Å². The normalized spacial score (nSPS) is 11.4. The van der Waals surface area contributed by atoms with E-state index in [4.69, 9.17) is 9.97 Å². The monoisotopic (exact) mass is 492 g/mol. The quantitative estimate of drug-likeness (QED) is 0.254. The van der Waals surface area contributed by atoms with Crippen molar-refractivity contribution in [2.75, 3.05) is 0 Å².